The van der Waals surface area contributed by atoms with Crippen LogP contribution in [0.4, 0.5) is 10.1 Å². The third-order valence-corrected chi connectivity index (χ3v) is 3.78. The number of rotatable bonds is 6. The van der Waals surface area contributed by atoms with Crippen molar-refractivity contribution in [1.82, 2.24) is 5.43 Å². The van der Waals surface area contributed by atoms with Gasteiger partial charge in [0.1, 0.15) is 11.5 Å². The van der Waals surface area contributed by atoms with Gasteiger partial charge in [0.05, 0.1) is 12.5 Å². The fourth-order valence-corrected chi connectivity index (χ4v) is 2.45. The molecule has 1 aromatic carbocycles. The Bertz CT molecular complexity index is 688. The topological polar surface area (TPSA) is 88.1 Å². The largest absolute Gasteiger partial charge is 0.461 e. The highest BCUT2D eigenvalue weighted by molar-refractivity contribution is 6.36. The van der Waals surface area contributed by atoms with Crippen LogP contribution in [0.5, 0.6) is 0 Å². The molecular formula is C17H20FN3O4. The van der Waals surface area contributed by atoms with Crippen LogP contribution in [0.25, 0.3) is 0 Å². The number of hydrogen-bond acceptors (Lipinski definition) is 5. The van der Waals surface area contributed by atoms with E-state index in [-0.39, 0.29) is 31.2 Å². The van der Waals surface area contributed by atoms with E-state index in [1.807, 2.05) is 0 Å². The maximum atomic E-state index is 13.0. The van der Waals surface area contributed by atoms with Gasteiger partial charge in [0.15, 0.2) is 0 Å². The maximum absolute atomic E-state index is 13.0. The second-order valence-corrected chi connectivity index (χ2v) is 5.49. The van der Waals surface area contributed by atoms with Crippen LogP contribution >= 0.6 is 0 Å². The summed E-state index contributed by atoms with van der Waals surface area (Å²) in [5, 5.41) is 3.80. The number of hydrazone groups is 1. The van der Waals surface area contributed by atoms with Crippen molar-refractivity contribution < 1.29 is 23.5 Å². The molecule has 1 atom stereocenters. The van der Waals surface area contributed by atoms with Gasteiger partial charge in [-0.25, -0.2) is 14.6 Å². The van der Waals surface area contributed by atoms with Crippen LogP contribution in [-0.2, 0) is 19.1 Å². The Labute approximate surface area is 144 Å². The first-order valence-corrected chi connectivity index (χ1v) is 8.05. The van der Waals surface area contributed by atoms with Crippen LogP contribution in [0.15, 0.2) is 29.4 Å². The molecule has 1 unspecified atom stereocenters. The summed E-state index contributed by atoms with van der Waals surface area (Å²) in [6, 6.07) is 5.49. The predicted octanol–water partition coefficient (Wildman–Crippen LogP) is 1.62. The van der Waals surface area contributed by atoms with E-state index in [0.29, 0.717) is 12.1 Å². The van der Waals surface area contributed by atoms with Crippen molar-refractivity contribution in [3.05, 3.63) is 30.1 Å². The lowest BCUT2D eigenvalue weighted by atomic mass is 10.1. The molecule has 1 aliphatic heterocycles. The number of carbonyl (C=O) groups is 3. The number of halogens is 1. The highest BCUT2D eigenvalue weighted by Gasteiger charge is 2.35. The van der Waals surface area contributed by atoms with Crippen LogP contribution < -0.4 is 10.3 Å². The number of anilines is 1. The number of nitrogens with zero attached hydrogens (tertiary/aromatic N) is 2. The van der Waals surface area contributed by atoms with E-state index in [2.05, 4.69) is 10.5 Å². The maximum Gasteiger partial charge on any atom is 0.354 e. The summed E-state index contributed by atoms with van der Waals surface area (Å²) in [5.41, 5.74) is 2.97. The first kappa shape index (κ1) is 18.6. The molecule has 0 aliphatic carbocycles. The minimum absolute atomic E-state index is 0.0274. The van der Waals surface area contributed by atoms with Crippen molar-refractivity contribution in [2.45, 2.75) is 26.7 Å². The molecule has 2 rings (SSSR count). The number of carbonyl (C=O) groups excluding carboxylic acids is 3. The summed E-state index contributed by atoms with van der Waals surface area (Å²) in [4.78, 5) is 37.4. The molecule has 1 fully saturated rings. The van der Waals surface area contributed by atoms with E-state index in [4.69, 9.17) is 4.74 Å². The molecule has 0 radical (unpaired) electrons. The van der Waals surface area contributed by atoms with Crippen molar-refractivity contribution in [3.8, 4) is 0 Å². The van der Waals surface area contributed by atoms with E-state index >= 15 is 0 Å². The first-order chi connectivity index (χ1) is 12.0. The Kier molecular flexibility index (Phi) is 6.21. The van der Waals surface area contributed by atoms with Crippen molar-refractivity contribution in [3.63, 3.8) is 0 Å². The van der Waals surface area contributed by atoms with Gasteiger partial charge in [0, 0.05) is 18.7 Å². The number of ether oxygens (including phenoxy) is 1. The molecule has 0 saturated carbocycles. The van der Waals surface area contributed by atoms with Crippen LogP contribution in [0, 0.1) is 11.7 Å². The quantitative estimate of drug-likeness (QED) is 0.480. The molecule has 1 aromatic rings. The predicted molar refractivity (Wildman–Crippen MR) is 89.4 cm³/mol. The average molecular weight is 349 g/mol. The van der Waals surface area contributed by atoms with E-state index in [1.165, 1.54) is 29.2 Å². The molecule has 8 heteroatoms. The molecule has 7 nitrogen and oxygen atoms in total. The van der Waals surface area contributed by atoms with Gasteiger partial charge in [-0.15, -0.1) is 0 Å². The van der Waals surface area contributed by atoms with E-state index < -0.39 is 23.6 Å². The molecule has 1 heterocycles. The van der Waals surface area contributed by atoms with E-state index in [1.54, 1.807) is 13.8 Å². The summed E-state index contributed by atoms with van der Waals surface area (Å²) < 4.78 is 17.8. The van der Waals surface area contributed by atoms with Gasteiger partial charge in [-0.3, -0.25) is 9.59 Å². The van der Waals surface area contributed by atoms with Crippen LogP contribution in [-0.4, -0.2) is 36.6 Å². The Morgan fingerprint density at radius 2 is 2.00 bits per heavy atom. The minimum atomic E-state index is -0.596. The molecule has 0 bridgehead atoms. The van der Waals surface area contributed by atoms with Gasteiger partial charge in [-0.05, 0) is 37.6 Å². The second-order valence-electron chi connectivity index (χ2n) is 5.49. The highest BCUT2D eigenvalue weighted by Crippen LogP contribution is 2.25. The number of hydrogen-bond donors (Lipinski definition) is 1. The first-order valence-electron chi connectivity index (χ1n) is 8.05. The summed E-state index contributed by atoms with van der Waals surface area (Å²) in [6.07, 6.45) is 0.337. The van der Waals surface area contributed by atoms with Crippen LogP contribution in [0.3, 0.4) is 0 Å². The second kappa shape index (κ2) is 8.36. The molecule has 25 heavy (non-hydrogen) atoms. The Balaban J connectivity index is 2.00. The average Bonchev–Trinajstić information content (AvgIpc) is 2.98. The fourth-order valence-electron chi connectivity index (χ4n) is 2.45. The zero-order valence-corrected chi connectivity index (χ0v) is 14.1. The lowest BCUT2D eigenvalue weighted by molar-refractivity contribution is -0.135. The van der Waals surface area contributed by atoms with E-state index in [9.17, 15) is 18.8 Å². The smallest absolute Gasteiger partial charge is 0.354 e. The number of amides is 2. The molecule has 1 aliphatic rings. The summed E-state index contributed by atoms with van der Waals surface area (Å²) in [5.74, 6) is -2.25. The van der Waals surface area contributed by atoms with Crippen molar-refractivity contribution >= 4 is 29.2 Å². The Hall–Kier alpha value is -2.77. The molecular weight excluding hydrogens is 329 g/mol. The zero-order chi connectivity index (χ0) is 18.4. The number of esters is 1. The number of nitrogens with one attached hydrogen (secondary N) is 1. The minimum Gasteiger partial charge on any atom is -0.461 e. The van der Waals surface area contributed by atoms with E-state index in [0.717, 1.165) is 0 Å². The Morgan fingerprint density at radius 1 is 1.32 bits per heavy atom. The van der Waals surface area contributed by atoms with Gasteiger partial charge in [0.25, 0.3) is 0 Å². The molecule has 134 valence electrons. The Morgan fingerprint density at radius 3 is 2.60 bits per heavy atom. The van der Waals surface area contributed by atoms with Gasteiger partial charge >= 0.3 is 5.97 Å². The van der Waals surface area contributed by atoms with Gasteiger partial charge in [-0.2, -0.15) is 5.10 Å². The molecule has 0 spiro atoms. The van der Waals surface area contributed by atoms with Crippen LogP contribution in [0.2, 0.25) is 0 Å². The third-order valence-electron chi connectivity index (χ3n) is 3.78. The zero-order valence-electron chi connectivity index (χ0n) is 14.1. The third kappa shape index (κ3) is 4.62. The van der Waals surface area contributed by atoms with Gasteiger partial charge < -0.3 is 9.64 Å². The SMILES string of the molecule is CCOC(=O)/C(CC)=N/NC(=O)C1CC(=O)N(c2ccc(F)cc2)C1. The van der Waals surface area contributed by atoms with Gasteiger partial charge in [0.2, 0.25) is 11.8 Å². The summed E-state index contributed by atoms with van der Waals surface area (Å²) in [7, 11) is 0. The molecule has 0 aromatic heterocycles. The normalized spacial score (nSPS) is 17.6. The summed E-state index contributed by atoms with van der Waals surface area (Å²) >= 11 is 0. The van der Waals surface area contributed by atoms with Crippen molar-refractivity contribution in [2.75, 3.05) is 18.1 Å². The lowest BCUT2D eigenvalue weighted by Crippen LogP contribution is -2.32. The fraction of sp³-hybridized carbons (Fsp3) is 0.412. The standard InChI is InChI=1S/C17H20FN3O4/c1-3-14(17(24)25-4-2)19-20-16(23)11-9-15(22)21(10-11)13-7-5-12(18)6-8-13/h5-8,11H,3-4,9-10H2,1-2H3,(H,20,23)/b19-14+. The monoisotopic (exact) mass is 349 g/mol. The van der Waals surface area contributed by atoms with Gasteiger partial charge in [-0.1, -0.05) is 6.92 Å². The van der Waals surface area contributed by atoms with Crippen LogP contribution in [0.1, 0.15) is 26.7 Å². The molecule has 2 amide bonds. The molecule has 1 N–H and O–H groups in total. The summed E-state index contributed by atoms with van der Waals surface area (Å²) in [6.45, 7) is 3.79. The highest BCUT2D eigenvalue weighted by atomic mass is 19.1. The molecule has 1 saturated heterocycles. The lowest BCUT2D eigenvalue weighted by Gasteiger charge is -2.16. The number of benzene rings is 1. The van der Waals surface area contributed by atoms with Crippen molar-refractivity contribution in [2.24, 2.45) is 11.0 Å². The van der Waals surface area contributed by atoms with Crippen molar-refractivity contribution in [1.29, 1.82) is 0 Å².